The van der Waals surface area contributed by atoms with E-state index in [9.17, 15) is 4.79 Å². The molecule has 1 fully saturated rings. The van der Waals surface area contributed by atoms with Gasteiger partial charge in [0.15, 0.2) is 5.82 Å². The molecule has 0 aliphatic heterocycles. The van der Waals surface area contributed by atoms with Crippen molar-refractivity contribution in [2.75, 3.05) is 14.2 Å². The monoisotopic (exact) mass is 421 g/mol. The Bertz CT molecular complexity index is 1030. The minimum Gasteiger partial charge on any atom is -0.494 e. The molecule has 1 aliphatic carbocycles. The summed E-state index contributed by atoms with van der Waals surface area (Å²) in [5, 5.41) is 12.6. The number of benzene rings is 2. The molecule has 0 radical (unpaired) electrons. The van der Waals surface area contributed by atoms with Gasteiger partial charge in [-0.2, -0.15) is 4.68 Å². The van der Waals surface area contributed by atoms with Gasteiger partial charge in [0.1, 0.15) is 22.7 Å². The topological polar surface area (TPSA) is 82.4 Å². The lowest BCUT2D eigenvalue weighted by atomic mass is 9.75. The molecule has 1 saturated carbocycles. The molecular weight excluding hydrogens is 394 g/mol. The van der Waals surface area contributed by atoms with Crippen molar-refractivity contribution < 1.29 is 14.3 Å². The second-order valence-electron chi connectivity index (χ2n) is 8.04. The summed E-state index contributed by atoms with van der Waals surface area (Å²) in [6.07, 6.45) is 2.97. The number of nitrogens with zero attached hydrogens (tertiary/aromatic N) is 5. The third-order valence-corrected chi connectivity index (χ3v) is 6.16. The molecule has 0 unspecified atom stereocenters. The number of rotatable bonds is 5. The SMILES string of the molecule is COc1ccccc1-n1nnnc1C1(N(C)C(=O)Oc2ccccc2)CCC(C)CC1. The van der Waals surface area contributed by atoms with Gasteiger partial charge in [-0.1, -0.05) is 37.3 Å². The maximum atomic E-state index is 13.2. The molecule has 0 N–H and O–H groups in total. The molecule has 8 nitrogen and oxygen atoms in total. The number of aromatic nitrogens is 4. The second kappa shape index (κ2) is 8.75. The van der Waals surface area contributed by atoms with E-state index in [0.717, 1.165) is 31.4 Å². The first-order chi connectivity index (χ1) is 15.0. The lowest BCUT2D eigenvalue weighted by molar-refractivity contribution is 0.0514. The third-order valence-electron chi connectivity index (χ3n) is 6.16. The molecule has 3 aromatic rings. The van der Waals surface area contributed by atoms with Gasteiger partial charge in [0.2, 0.25) is 0 Å². The van der Waals surface area contributed by atoms with Gasteiger partial charge in [-0.05, 0) is 66.3 Å². The average molecular weight is 422 g/mol. The zero-order valence-electron chi connectivity index (χ0n) is 18.1. The number of hydrogen-bond donors (Lipinski definition) is 0. The van der Waals surface area contributed by atoms with Crippen LogP contribution in [0.15, 0.2) is 54.6 Å². The summed E-state index contributed by atoms with van der Waals surface area (Å²) in [5.41, 5.74) is 0.0377. The Morgan fingerprint density at radius 1 is 1.10 bits per heavy atom. The molecule has 4 rings (SSSR count). The lowest BCUT2D eigenvalue weighted by Gasteiger charge is -2.44. The Hall–Kier alpha value is -3.42. The number of para-hydroxylation sites is 3. The minimum atomic E-state index is -0.692. The molecule has 1 aliphatic rings. The van der Waals surface area contributed by atoms with E-state index in [-0.39, 0.29) is 0 Å². The Morgan fingerprint density at radius 3 is 2.48 bits per heavy atom. The zero-order valence-corrected chi connectivity index (χ0v) is 18.1. The normalized spacial score (nSPS) is 20.8. The second-order valence-corrected chi connectivity index (χ2v) is 8.04. The van der Waals surface area contributed by atoms with Gasteiger partial charge in [0, 0.05) is 7.05 Å². The van der Waals surface area contributed by atoms with E-state index >= 15 is 0 Å². The standard InChI is InChI=1S/C23H27N5O3/c1-17-13-15-23(16-14-17,27(2)22(29)31-18-9-5-4-6-10-18)21-24-25-26-28(21)19-11-7-8-12-20(19)30-3/h4-12,17H,13-16H2,1-3H3. The molecule has 1 amide bonds. The molecule has 8 heteroatoms. The van der Waals surface area contributed by atoms with Crippen molar-refractivity contribution in [3.05, 3.63) is 60.4 Å². The van der Waals surface area contributed by atoms with Crippen LogP contribution < -0.4 is 9.47 Å². The molecule has 162 valence electrons. The summed E-state index contributed by atoms with van der Waals surface area (Å²) in [5.74, 6) is 2.34. The maximum Gasteiger partial charge on any atom is 0.415 e. The summed E-state index contributed by atoms with van der Waals surface area (Å²) < 4.78 is 12.9. The fraction of sp³-hybridized carbons (Fsp3) is 0.391. The Kier molecular flexibility index (Phi) is 5.88. The number of tetrazole rings is 1. The van der Waals surface area contributed by atoms with Crippen LogP contribution in [0.2, 0.25) is 0 Å². The molecule has 1 heterocycles. The van der Waals surface area contributed by atoms with E-state index in [1.165, 1.54) is 0 Å². The molecule has 0 bridgehead atoms. The predicted octanol–water partition coefficient (Wildman–Crippen LogP) is 4.21. The van der Waals surface area contributed by atoms with Crippen molar-refractivity contribution in [1.82, 2.24) is 25.1 Å². The van der Waals surface area contributed by atoms with Gasteiger partial charge in [0.05, 0.1) is 7.11 Å². The van der Waals surface area contributed by atoms with Gasteiger partial charge in [-0.15, -0.1) is 5.10 Å². The van der Waals surface area contributed by atoms with Crippen LogP contribution in [0.1, 0.15) is 38.4 Å². The Balaban J connectivity index is 1.74. The van der Waals surface area contributed by atoms with E-state index in [0.29, 0.717) is 23.2 Å². The number of carbonyl (C=O) groups excluding carboxylic acids is 1. The van der Waals surface area contributed by atoms with Crippen LogP contribution in [0.5, 0.6) is 11.5 Å². The lowest BCUT2D eigenvalue weighted by Crippen LogP contribution is -2.51. The quantitative estimate of drug-likeness (QED) is 0.614. The van der Waals surface area contributed by atoms with Crippen molar-refractivity contribution >= 4 is 6.09 Å². The average Bonchev–Trinajstić information content (AvgIpc) is 3.30. The number of hydrogen-bond acceptors (Lipinski definition) is 6. The van der Waals surface area contributed by atoms with Crippen molar-refractivity contribution in [3.63, 3.8) is 0 Å². The molecule has 2 aromatic carbocycles. The molecule has 0 atom stereocenters. The van der Waals surface area contributed by atoms with Crippen LogP contribution in [0, 0.1) is 5.92 Å². The molecular formula is C23H27N5O3. The van der Waals surface area contributed by atoms with Crippen molar-refractivity contribution in [3.8, 4) is 17.2 Å². The molecule has 0 saturated heterocycles. The number of methoxy groups -OCH3 is 1. The first kappa shape index (κ1) is 20.8. The summed E-state index contributed by atoms with van der Waals surface area (Å²) in [4.78, 5) is 14.8. The Labute approximate surface area is 181 Å². The first-order valence-electron chi connectivity index (χ1n) is 10.5. The summed E-state index contributed by atoms with van der Waals surface area (Å²) >= 11 is 0. The largest absolute Gasteiger partial charge is 0.494 e. The summed E-state index contributed by atoms with van der Waals surface area (Å²) in [6.45, 7) is 2.23. The fourth-order valence-corrected chi connectivity index (χ4v) is 4.23. The van der Waals surface area contributed by atoms with Crippen molar-refractivity contribution in [2.45, 2.75) is 38.1 Å². The zero-order chi connectivity index (χ0) is 21.8. The van der Waals surface area contributed by atoms with Crippen LogP contribution in [-0.4, -0.2) is 45.4 Å². The minimum absolute atomic E-state index is 0.435. The van der Waals surface area contributed by atoms with E-state index in [2.05, 4.69) is 22.4 Å². The highest BCUT2D eigenvalue weighted by Crippen LogP contribution is 2.43. The number of ether oxygens (including phenoxy) is 2. The van der Waals surface area contributed by atoms with Crippen molar-refractivity contribution in [1.29, 1.82) is 0 Å². The van der Waals surface area contributed by atoms with Gasteiger partial charge in [-0.3, -0.25) is 4.90 Å². The third kappa shape index (κ3) is 3.97. The highest BCUT2D eigenvalue weighted by atomic mass is 16.6. The molecule has 0 spiro atoms. The first-order valence-corrected chi connectivity index (χ1v) is 10.5. The highest BCUT2D eigenvalue weighted by Gasteiger charge is 2.47. The highest BCUT2D eigenvalue weighted by molar-refractivity contribution is 5.71. The summed E-state index contributed by atoms with van der Waals surface area (Å²) in [6, 6.07) is 16.7. The van der Waals surface area contributed by atoms with Gasteiger partial charge < -0.3 is 9.47 Å². The van der Waals surface area contributed by atoms with E-state index in [1.807, 2.05) is 42.5 Å². The molecule has 31 heavy (non-hydrogen) atoms. The van der Waals surface area contributed by atoms with Crippen LogP contribution in [-0.2, 0) is 5.54 Å². The number of carbonyl (C=O) groups is 1. The van der Waals surface area contributed by atoms with E-state index < -0.39 is 11.6 Å². The van der Waals surface area contributed by atoms with Gasteiger partial charge >= 0.3 is 6.09 Å². The molecule has 1 aromatic heterocycles. The van der Waals surface area contributed by atoms with Gasteiger partial charge in [-0.25, -0.2) is 4.79 Å². The van der Waals surface area contributed by atoms with Crippen LogP contribution in [0.25, 0.3) is 5.69 Å². The smallest absolute Gasteiger partial charge is 0.415 e. The van der Waals surface area contributed by atoms with E-state index in [1.54, 1.807) is 35.9 Å². The predicted molar refractivity (Wildman–Crippen MR) is 115 cm³/mol. The summed E-state index contributed by atoms with van der Waals surface area (Å²) in [7, 11) is 3.38. The fourth-order valence-electron chi connectivity index (χ4n) is 4.23. The maximum absolute atomic E-state index is 13.2. The van der Waals surface area contributed by atoms with Crippen molar-refractivity contribution in [2.24, 2.45) is 5.92 Å². The van der Waals surface area contributed by atoms with Gasteiger partial charge in [0.25, 0.3) is 0 Å². The van der Waals surface area contributed by atoms with Crippen LogP contribution >= 0.6 is 0 Å². The van der Waals surface area contributed by atoms with Crippen LogP contribution in [0.3, 0.4) is 0 Å². The van der Waals surface area contributed by atoms with Crippen LogP contribution in [0.4, 0.5) is 4.79 Å². The van der Waals surface area contributed by atoms with E-state index in [4.69, 9.17) is 9.47 Å². The number of amides is 1. The Morgan fingerprint density at radius 2 is 1.77 bits per heavy atom.